The molecule has 2 fully saturated rings. The lowest BCUT2D eigenvalue weighted by molar-refractivity contribution is -0.136. The Kier molecular flexibility index (Phi) is 12.7. The molecule has 2 aliphatic rings. The van der Waals surface area contributed by atoms with Crippen LogP contribution in [-0.4, -0.2) is 95.7 Å². The number of aromatic amines is 2. The Morgan fingerprint density at radius 2 is 1.08 bits per heavy atom. The molecule has 0 unspecified atom stereocenters. The van der Waals surface area contributed by atoms with Crippen molar-refractivity contribution in [3.8, 4) is 50.7 Å². The fourth-order valence-corrected chi connectivity index (χ4v) is 9.01. The smallest absolute Gasteiger partial charge is 0.407 e. The van der Waals surface area contributed by atoms with Gasteiger partial charge in [0.1, 0.15) is 23.7 Å². The number of hydrogen-bond donors (Lipinski definition) is 5. The first kappa shape index (κ1) is 43.5. The molecule has 5 N–H and O–H groups in total. The van der Waals surface area contributed by atoms with E-state index in [1.54, 1.807) is 4.90 Å². The second kappa shape index (κ2) is 18.7. The summed E-state index contributed by atoms with van der Waals surface area (Å²) in [7, 11) is 1.29. The fourth-order valence-electron chi connectivity index (χ4n) is 9.01. The van der Waals surface area contributed by atoms with Gasteiger partial charge in [0.2, 0.25) is 11.8 Å². The second-order valence-electron chi connectivity index (χ2n) is 17.2. The topological polar surface area (TPSA) is 191 Å². The Hall–Kier alpha value is -7.16. The van der Waals surface area contributed by atoms with Gasteiger partial charge in [-0.3, -0.25) is 9.59 Å². The molecule has 6 aromatic rings. The van der Waals surface area contributed by atoms with Gasteiger partial charge in [0.15, 0.2) is 0 Å². The summed E-state index contributed by atoms with van der Waals surface area (Å²) in [4.78, 5) is 70.8. The molecule has 0 radical (unpaired) electrons. The third-order valence-corrected chi connectivity index (χ3v) is 12.3. The van der Waals surface area contributed by atoms with Crippen LogP contribution in [0.25, 0.3) is 50.7 Å². The standard InChI is InChI=1S/C49H55N9O6/c1-29(2)42(54-48(61)62)46(59)56-25-9-13-40(56)44-50-27-36(52-44)31-15-19-33(20-16-31)38-23-24-39(58(38)35-11-7-6-8-12-35)34-21-17-32(18-22-34)37-28-51-45(53-37)41-14-10-26-57(41)47(60)43(30(3)4)55-49(63)64-5/h6-8,11-12,15-24,27-30,40-43,54H,9-10,13-14,25-26H2,1-5H3,(H,50,52)(H,51,53)(H,55,63)(H,61,62)/t40-,41-,42-,43-/m0/s1. The first-order chi connectivity index (χ1) is 30.9. The quantitative estimate of drug-likeness (QED) is 0.0763. The molecule has 332 valence electrons. The van der Waals surface area contributed by atoms with E-state index < -0.39 is 24.3 Å². The number of carboxylic acid groups (broad SMARTS) is 1. The molecule has 8 rings (SSSR count). The molecule has 3 aromatic carbocycles. The van der Waals surface area contributed by atoms with Crippen LogP contribution in [0.5, 0.6) is 0 Å². The number of ether oxygens (including phenoxy) is 1. The van der Waals surface area contributed by atoms with Crippen molar-refractivity contribution in [3.05, 3.63) is 115 Å². The van der Waals surface area contributed by atoms with Crippen LogP contribution in [0.1, 0.15) is 77.1 Å². The number of carbonyl (C=O) groups excluding carboxylic acids is 3. The Labute approximate surface area is 372 Å². The monoisotopic (exact) mass is 865 g/mol. The fraction of sp³-hybridized carbons (Fsp3) is 0.347. The zero-order valence-electron chi connectivity index (χ0n) is 36.7. The van der Waals surface area contributed by atoms with Gasteiger partial charge in [0.25, 0.3) is 0 Å². The number of amides is 4. The van der Waals surface area contributed by atoms with Crippen molar-refractivity contribution >= 4 is 24.0 Å². The van der Waals surface area contributed by atoms with Crippen LogP contribution in [0.15, 0.2) is 103 Å². The van der Waals surface area contributed by atoms with Crippen molar-refractivity contribution in [1.29, 1.82) is 0 Å². The van der Waals surface area contributed by atoms with E-state index in [2.05, 4.69) is 98.0 Å². The summed E-state index contributed by atoms with van der Waals surface area (Å²) < 4.78 is 7.04. The van der Waals surface area contributed by atoms with E-state index in [0.717, 1.165) is 76.4 Å². The zero-order valence-corrected chi connectivity index (χ0v) is 36.7. The molecule has 64 heavy (non-hydrogen) atoms. The molecule has 4 atom stereocenters. The predicted molar refractivity (Wildman–Crippen MR) is 243 cm³/mol. The number of nitrogens with zero attached hydrogens (tertiary/aromatic N) is 5. The number of hydrogen-bond acceptors (Lipinski definition) is 7. The first-order valence-corrected chi connectivity index (χ1v) is 22.0. The van der Waals surface area contributed by atoms with Gasteiger partial charge < -0.3 is 44.8 Å². The number of aromatic nitrogens is 5. The molecule has 3 aromatic heterocycles. The van der Waals surface area contributed by atoms with Gasteiger partial charge in [-0.2, -0.15) is 0 Å². The lowest BCUT2D eigenvalue weighted by Gasteiger charge is -2.29. The van der Waals surface area contributed by atoms with Crippen molar-refractivity contribution in [2.75, 3.05) is 20.2 Å². The van der Waals surface area contributed by atoms with Crippen molar-refractivity contribution in [3.63, 3.8) is 0 Å². The number of rotatable bonds is 13. The molecule has 4 amide bonds. The van der Waals surface area contributed by atoms with Crippen LogP contribution < -0.4 is 10.6 Å². The minimum Gasteiger partial charge on any atom is -0.465 e. The number of benzene rings is 3. The number of likely N-dealkylation sites (tertiary alicyclic amines) is 2. The Bertz CT molecular complexity index is 2600. The van der Waals surface area contributed by atoms with E-state index in [4.69, 9.17) is 14.7 Å². The number of alkyl carbamates (subject to hydrolysis) is 1. The highest BCUT2D eigenvalue weighted by Crippen LogP contribution is 2.37. The number of para-hydroxylation sites is 1. The minimum absolute atomic E-state index is 0.118. The van der Waals surface area contributed by atoms with Crippen LogP contribution in [0.3, 0.4) is 0 Å². The molecule has 0 aliphatic carbocycles. The maximum Gasteiger partial charge on any atom is 0.407 e. The normalized spacial score (nSPS) is 17.2. The SMILES string of the molecule is COC(=O)N[C@H](C(=O)N1CCC[C@H]1c1nc(-c2ccc(-c3ccc(-c4ccc(-c5c[nH]c([C@@H]6CCCN6C(=O)[C@@H](NC(=O)O)C(C)C)n5)cc4)n3-c3ccccc3)cc2)c[nH]1)C(C)C. The lowest BCUT2D eigenvalue weighted by Crippen LogP contribution is -2.51. The molecular weight excluding hydrogens is 811 g/mol. The number of imidazole rings is 2. The van der Waals surface area contributed by atoms with Gasteiger partial charge >= 0.3 is 12.2 Å². The van der Waals surface area contributed by atoms with Gasteiger partial charge in [-0.15, -0.1) is 0 Å². The zero-order chi connectivity index (χ0) is 45.1. The van der Waals surface area contributed by atoms with Crippen LogP contribution in [0.4, 0.5) is 9.59 Å². The first-order valence-electron chi connectivity index (χ1n) is 22.0. The Morgan fingerprint density at radius 3 is 1.50 bits per heavy atom. The average molecular weight is 866 g/mol. The highest BCUT2D eigenvalue weighted by atomic mass is 16.5. The number of carbonyl (C=O) groups is 4. The van der Waals surface area contributed by atoms with E-state index in [0.29, 0.717) is 24.7 Å². The van der Waals surface area contributed by atoms with Gasteiger partial charge in [0.05, 0.1) is 42.0 Å². The minimum atomic E-state index is -1.22. The van der Waals surface area contributed by atoms with Gasteiger partial charge in [-0.1, -0.05) is 94.4 Å². The number of nitrogens with one attached hydrogen (secondary N) is 4. The highest BCUT2D eigenvalue weighted by Gasteiger charge is 2.39. The summed E-state index contributed by atoms with van der Waals surface area (Å²) in [6.45, 7) is 8.60. The molecule has 15 nitrogen and oxygen atoms in total. The maximum absolute atomic E-state index is 13.7. The van der Waals surface area contributed by atoms with Crippen LogP contribution in [0.2, 0.25) is 0 Å². The van der Waals surface area contributed by atoms with Crippen LogP contribution in [0, 0.1) is 11.8 Å². The summed E-state index contributed by atoms with van der Waals surface area (Å²) in [5.74, 6) is 0.699. The summed E-state index contributed by atoms with van der Waals surface area (Å²) in [6.07, 6.45) is 5.04. The van der Waals surface area contributed by atoms with Gasteiger partial charge in [-0.05, 0) is 72.9 Å². The molecule has 0 spiro atoms. The molecule has 15 heteroatoms. The Morgan fingerprint density at radius 1 is 0.641 bits per heavy atom. The van der Waals surface area contributed by atoms with E-state index in [1.165, 1.54) is 7.11 Å². The second-order valence-corrected chi connectivity index (χ2v) is 17.2. The summed E-state index contributed by atoms with van der Waals surface area (Å²) >= 11 is 0. The van der Waals surface area contributed by atoms with Crippen molar-refractivity contribution in [1.82, 2.24) is 44.9 Å². The summed E-state index contributed by atoms with van der Waals surface area (Å²) in [5.41, 5.74) is 8.50. The molecule has 5 heterocycles. The molecule has 0 saturated carbocycles. The number of methoxy groups -OCH3 is 1. The molecule has 2 saturated heterocycles. The van der Waals surface area contributed by atoms with Crippen molar-refractivity contribution in [2.24, 2.45) is 11.8 Å². The van der Waals surface area contributed by atoms with Crippen LogP contribution in [-0.2, 0) is 14.3 Å². The molecule has 2 aliphatic heterocycles. The lowest BCUT2D eigenvalue weighted by atomic mass is 10.0. The van der Waals surface area contributed by atoms with E-state index in [1.807, 2.05) is 63.2 Å². The van der Waals surface area contributed by atoms with E-state index >= 15 is 0 Å². The third-order valence-electron chi connectivity index (χ3n) is 12.3. The Balaban J connectivity index is 1.01. The van der Waals surface area contributed by atoms with E-state index in [-0.39, 0.29) is 35.7 Å². The molecular formula is C49H55N9O6. The summed E-state index contributed by atoms with van der Waals surface area (Å²) in [6, 6.07) is 29.1. The number of H-pyrrole nitrogens is 2. The van der Waals surface area contributed by atoms with E-state index in [9.17, 15) is 24.3 Å². The van der Waals surface area contributed by atoms with Gasteiger partial charge in [0, 0.05) is 42.3 Å². The largest absolute Gasteiger partial charge is 0.465 e. The van der Waals surface area contributed by atoms with Crippen LogP contribution >= 0.6 is 0 Å². The highest BCUT2D eigenvalue weighted by molar-refractivity contribution is 5.87. The van der Waals surface area contributed by atoms with Crippen molar-refractivity contribution in [2.45, 2.75) is 77.5 Å². The average Bonchev–Trinajstić information content (AvgIpc) is 4.16. The third kappa shape index (κ3) is 8.87. The van der Waals surface area contributed by atoms with Crippen molar-refractivity contribution < 1.29 is 29.0 Å². The van der Waals surface area contributed by atoms with Gasteiger partial charge in [-0.25, -0.2) is 19.6 Å². The summed E-state index contributed by atoms with van der Waals surface area (Å²) in [5, 5.41) is 14.5. The molecule has 0 bridgehead atoms. The predicted octanol–water partition coefficient (Wildman–Crippen LogP) is 8.59. The maximum atomic E-state index is 13.7.